The summed E-state index contributed by atoms with van der Waals surface area (Å²) in [5, 5.41) is 2.87. The van der Waals surface area contributed by atoms with Crippen molar-refractivity contribution < 1.29 is 13.2 Å². The van der Waals surface area contributed by atoms with E-state index in [-0.39, 0.29) is 16.5 Å². The van der Waals surface area contributed by atoms with Crippen LogP contribution in [0, 0.1) is 6.92 Å². The fourth-order valence-electron chi connectivity index (χ4n) is 2.13. The summed E-state index contributed by atoms with van der Waals surface area (Å²) in [5.74, 6) is 0.628. The van der Waals surface area contributed by atoms with Crippen molar-refractivity contribution in [2.24, 2.45) is 0 Å². The third-order valence-corrected chi connectivity index (χ3v) is 6.43. The minimum atomic E-state index is -3.76. The number of nitrogens with zero attached hydrogens (tertiary/aromatic N) is 1. The van der Waals surface area contributed by atoms with E-state index in [4.69, 9.17) is 27.9 Å². The lowest BCUT2D eigenvalue weighted by Crippen LogP contribution is -2.23. The number of hydrogen-bond donors (Lipinski definition) is 1. The molecule has 3 rings (SSSR count). The zero-order valence-corrected chi connectivity index (χ0v) is 16.7. The van der Waals surface area contributed by atoms with Crippen LogP contribution < -0.4 is 9.46 Å². The van der Waals surface area contributed by atoms with Crippen molar-refractivity contribution in [3.05, 3.63) is 69.1 Å². The van der Waals surface area contributed by atoms with Gasteiger partial charge in [0.2, 0.25) is 10.0 Å². The molecule has 1 aromatic heterocycles. The van der Waals surface area contributed by atoms with Crippen molar-refractivity contribution in [2.75, 3.05) is 0 Å². The van der Waals surface area contributed by atoms with Crippen LogP contribution in [0.5, 0.6) is 10.9 Å². The van der Waals surface area contributed by atoms with Gasteiger partial charge in [-0.3, -0.25) is 0 Å². The van der Waals surface area contributed by atoms with Crippen molar-refractivity contribution in [2.45, 2.75) is 18.4 Å². The predicted molar refractivity (Wildman–Crippen MR) is 104 cm³/mol. The number of sulfonamides is 1. The molecular weight excluding hydrogens is 415 g/mol. The lowest BCUT2D eigenvalue weighted by atomic mass is 10.2. The molecule has 0 amide bonds. The van der Waals surface area contributed by atoms with Gasteiger partial charge < -0.3 is 4.74 Å². The zero-order valence-electron chi connectivity index (χ0n) is 13.6. The highest BCUT2D eigenvalue weighted by Crippen LogP contribution is 2.28. The number of hydrogen-bond acceptors (Lipinski definition) is 5. The standard InChI is InChI=1S/C17H14Cl2N2O3S2/c1-11-8-16(15(19)9-14(11)18)26(22,23)21-10-12-2-4-13(5-3-12)24-17-20-6-7-25-17/h2-9,21H,10H2,1H3. The first-order chi connectivity index (χ1) is 12.3. The number of halogens is 2. The highest BCUT2D eigenvalue weighted by Gasteiger charge is 2.19. The van der Waals surface area contributed by atoms with Crippen molar-refractivity contribution in [1.29, 1.82) is 0 Å². The van der Waals surface area contributed by atoms with E-state index in [0.29, 0.717) is 21.5 Å². The number of benzene rings is 2. The van der Waals surface area contributed by atoms with Crippen LogP contribution in [0.15, 0.2) is 52.9 Å². The Morgan fingerprint density at radius 1 is 1.15 bits per heavy atom. The summed E-state index contributed by atoms with van der Waals surface area (Å²) in [4.78, 5) is 4.04. The van der Waals surface area contributed by atoms with Gasteiger partial charge in [0, 0.05) is 23.1 Å². The van der Waals surface area contributed by atoms with Gasteiger partial charge >= 0.3 is 0 Å². The Hall–Kier alpha value is -1.64. The first kappa shape index (κ1) is 19.1. The normalized spacial score (nSPS) is 11.5. The van der Waals surface area contributed by atoms with Gasteiger partial charge in [-0.05, 0) is 42.3 Å². The Balaban J connectivity index is 1.69. The van der Waals surface area contributed by atoms with Gasteiger partial charge in [-0.15, -0.1) is 0 Å². The summed E-state index contributed by atoms with van der Waals surface area (Å²) in [5.41, 5.74) is 1.42. The van der Waals surface area contributed by atoms with Gasteiger partial charge in [0.15, 0.2) is 0 Å². The van der Waals surface area contributed by atoms with Crippen LogP contribution in [0.3, 0.4) is 0 Å². The molecule has 3 aromatic rings. The molecule has 0 aliphatic carbocycles. The molecule has 0 aliphatic heterocycles. The van der Waals surface area contributed by atoms with Gasteiger partial charge in [-0.2, -0.15) is 0 Å². The van der Waals surface area contributed by atoms with Crippen LogP contribution in [0.2, 0.25) is 10.0 Å². The minimum absolute atomic E-state index is 0.00444. The molecule has 1 heterocycles. The molecule has 0 saturated carbocycles. The SMILES string of the molecule is Cc1cc(S(=O)(=O)NCc2ccc(Oc3nccs3)cc2)c(Cl)cc1Cl. The van der Waals surface area contributed by atoms with E-state index in [1.165, 1.54) is 23.5 Å². The molecule has 0 unspecified atom stereocenters. The second-order valence-electron chi connectivity index (χ2n) is 5.40. The third kappa shape index (κ3) is 4.55. The number of nitrogens with one attached hydrogen (secondary N) is 1. The molecule has 136 valence electrons. The quantitative estimate of drug-likeness (QED) is 0.597. The number of ether oxygens (including phenoxy) is 1. The van der Waals surface area contributed by atoms with Crippen LogP contribution >= 0.6 is 34.5 Å². The molecular formula is C17H14Cl2N2O3S2. The van der Waals surface area contributed by atoms with Gasteiger partial charge in [-0.1, -0.05) is 46.7 Å². The summed E-state index contributed by atoms with van der Waals surface area (Å²) in [6.07, 6.45) is 1.66. The van der Waals surface area contributed by atoms with E-state index < -0.39 is 10.0 Å². The molecule has 0 fully saturated rings. The average molecular weight is 429 g/mol. The summed E-state index contributed by atoms with van der Waals surface area (Å²) in [7, 11) is -3.76. The van der Waals surface area contributed by atoms with Crippen LogP contribution in [0.25, 0.3) is 0 Å². The lowest BCUT2D eigenvalue weighted by Gasteiger charge is -2.10. The lowest BCUT2D eigenvalue weighted by molar-refractivity contribution is 0.478. The van der Waals surface area contributed by atoms with E-state index in [9.17, 15) is 8.42 Å². The Morgan fingerprint density at radius 2 is 1.88 bits per heavy atom. The van der Waals surface area contributed by atoms with Crippen molar-refractivity contribution in [3.63, 3.8) is 0 Å². The van der Waals surface area contributed by atoms with Gasteiger partial charge in [0.05, 0.1) is 5.02 Å². The van der Waals surface area contributed by atoms with E-state index in [2.05, 4.69) is 9.71 Å². The fraction of sp³-hybridized carbons (Fsp3) is 0.118. The highest BCUT2D eigenvalue weighted by molar-refractivity contribution is 7.89. The molecule has 0 spiro atoms. The second-order valence-corrected chi connectivity index (χ2v) is 8.81. The first-order valence-corrected chi connectivity index (χ1v) is 10.6. The number of thiazole rings is 1. The minimum Gasteiger partial charge on any atom is -0.431 e. The summed E-state index contributed by atoms with van der Waals surface area (Å²) < 4.78 is 33.1. The summed E-state index contributed by atoms with van der Waals surface area (Å²) in [6, 6.07) is 9.95. The number of aromatic nitrogens is 1. The zero-order chi connectivity index (χ0) is 18.7. The molecule has 9 heteroatoms. The Bertz CT molecular complexity index is 1010. The maximum absolute atomic E-state index is 12.5. The second kappa shape index (κ2) is 7.94. The van der Waals surface area contributed by atoms with Crippen LogP contribution in [0.1, 0.15) is 11.1 Å². The van der Waals surface area contributed by atoms with Gasteiger partial charge in [-0.25, -0.2) is 18.1 Å². The molecule has 1 N–H and O–H groups in total. The maximum atomic E-state index is 12.5. The van der Waals surface area contributed by atoms with Crippen molar-refractivity contribution in [3.8, 4) is 10.9 Å². The smallest absolute Gasteiger partial charge is 0.278 e. The Labute approximate surface area is 165 Å². The number of aryl methyl sites for hydroxylation is 1. The predicted octanol–water partition coefficient (Wildman–Crippen LogP) is 5.03. The van der Waals surface area contributed by atoms with Crippen LogP contribution in [0.4, 0.5) is 0 Å². The maximum Gasteiger partial charge on any atom is 0.278 e. The molecule has 5 nitrogen and oxygen atoms in total. The average Bonchev–Trinajstić information content (AvgIpc) is 3.10. The fourth-order valence-corrected chi connectivity index (χ4v) is 4.48. The highest BCUT2D eigenvalue weighted by atomic mass is 35.5. The van der Waals surface area contributed by atoms with Crippen LogP contribution in [-0.2, 0) is 16.6 Å². The molecule has 0 bridgehead atoms. The molecule has 0 saturated heterocycles. The Morgan fingerprint density at radius 3 is 2.54 bits per heavy atom. The largest absolute Gasteiger partial charge is 0.431 e. The topological polar surface area (TPSA) is 68.3 Å². The van der Waals surface area contributed by atoms with E-state index in [1.807, 2.05) is 5.38 Å². The molecule has 2 aromatic carbocycles. The first-order valence-electron chi connectivity index (χ1n) is 7.47. The molecule has 26 heavy (non-hydrogen) atoms. The Kier molecular flexibility index (Phi) is 5.84. The van der Waals surface area contributed by atoms with Crippen molar-refractivity contribution in [1.82, 2.24) is 9.71 Å². The summed E-state index contributed by atoms with van der Waals surface area (Å²) in [6.45, 7) is 1.84. The molecule has 0 aliphatic rings. The monoisotopic (exact) mass is 428 g/mol. The van der Waals surface area contributed by atoms with E-state index >= 15 is 0 Å². The van der Waals surface area contributed by atoms with Gasteiger partial charge in [0.1, 0.15) is 10.6 Å². The van der Waals surface area contributed by atoms with Gasteiger partial charge in [0.25, 0.3) is 5.19 Å². The van der Waals surface area contributed by atoms with E-state index in [0.717, 1.165) is 5.56 Å². The van der Waals surface area contributed by atoms with Crippen LogP contribution in [-0.4, -0.2) is 13.4 Å². The molecule has 0 radical (unpaired) electrons. The third-order valence-electron chi connectivity index (χ3n) is 3.51. The van der Waals surface area contributed by atoms with E-state index in [1.54, 1.807) is 37.4 Å². The molecule has 0 atom stereocenters. The van der Waals surface area contributed by atoms with Crippen molar-refractivity contribution >= 4 is 44.6 Å². The number of rotatable bonds is 6. The summed E-state index contributed by atoms with van der Waals surface area (Å²) >= 11 is 13.4.